The number of nitrogens with one attached hydrogen (secondary N) is 2. The van der Waals surface area contributed by atoms with Gasteiger partial charge in [-0.1, -0.05) is 26.7 Å². The lowest BCUT2D eigenvalue weighted by Crippen LogP contribution is -2.57. The first kappa shape index (κ1) is 15.4. The van der Waals surface area contributed by atoms with E-state index in [1.165, 1.54) is 12.8 Å². The van der Waals surface area contributed by atoms with Crippen LogP contribution in [0.5, 0.6) is 0 Å². The molecule has 0 spiro atoms. The monoisotopic (exact) mass is 255 g/mol. The molecule has 1 aliphatic rings. The number of amides is 1. The molecule has 0 saturated carbocycles. The minimum atomic E-state index is 0.154. The molecule has 1 unspecified atom stereocenters. The number of likely N-dealkylation sites (N-methyl/N-ethyl adjacent to an activating group) is 1. The van der Waals surface area contributed by atoms with Gasteiger partial charge < -0.3 is 10.6 Å². The molecule has 1 fully saturated rings. The van der Waals surface area contributed by atoms with Crippen LogP contribution in [-0.2, 0) is 4.79 Å². The van der Waals surface area contributed by atoms with Gasteiger partial charge in [0.05, 0.1) is 6.54 Å². The van der Waals surface area contributed by atoms with Crippen LogP contribution in [0, 0.1) is 5.92 Å². The first-order chi connectivity index (χ1) is 8.49. The summed E-state index contributed by atoms with van der Waals surface area (Å²) in [6.45, 7) is 9.11. The van der Waals surface area contributed by atoms with Gasteiger partial charge in [0.1, 0.15) is 0 Å². The van der Waals surface area contributed by atoms with Gasteiger partial charge in [-0.15, -0.1) is 0 Å². The van der Waals surface area contributed by atoms with E-state index in [-0.39, 0.29) is 5.91 Å². The van der Waals surface area contributed by atoms with Crippen molar-refractivity contribution in [3.05, 3.63) is 0 Å². The minimum absolute atomic E-state index is 0.154. The maximum Gasteiger partial charge on any atom is 0.234 e. The molecule has 18 heavy (non-hydrogen) atoms. The highest BCUT2D eigenvalue weighted by molar-refractivity contribution is 5.78. The number of carbonyl (C=O) groups is 1. The maximum atomic E-state index is 11.8. The maximum absolute atomic E-state index is 11.8. The quantitative estimate of drug-likeness (QED) is 0.685. The van der Waals surface area contributed by atoms with Crippen molar-refractivity contribution in [3.63, 3.8) is 0 Å². The van der Waals surface area contributed by atoms with Crippen molar-refractivity contribution in [3.8, 4) is 0 Å². The largest absolute Gasteiger partial charge is 0.353 e. The summed E-state index contributed by atoms with van der Waals surface area (Å²) in [7, 11) is 2.02. The zero-order valence-corrected chi connectivity index (χ0v) is 12.3. The molecule has 0 radical (unpaired) electrons. The Bertz CT molecular complexity index is 251. The van der Waals surface area contributed by atoms with Gasteiger partial charge in [-0.2, -0.15) is 0 Å². The second kappa shape index (κ2) is 7.74. The number of carbonyl (C=O) groups excluding carboxylic acids is 1. The standard InChI is InChI=1S/C14H29N3O/c1-11(2)6-5-7-12(3)16-14(18)10-17(4)13-8-15-9-13/h11-13,15H,5-10H2,1-4H3,(H,16,18). The fourth-order valence-electron chi connectivity index (χ4n) is 2.17. The fourth-order valence-corrected chi connectivity index (χ4v) is 2.17. The van der Waals surface area contributed by atoms with E-state index in [0.717, 1.165) is 25.4 Å². The second-order valence-electron chi connectivity index (χ2n) is 6.02. The molecule has 2 N–H and O–H groups in total. The SMILES string of the molecule is CC(C)CCCC(C)NC(=O)CN(C)C1CNC1. The summed E-state index contributed by atoms with van der Waals surface area (Å²) < 4.78 is 0. The van der Waals surface area contributed by atoms with Gasteiger partial charge in [0.25, 0.3) is 0 Å². The summed E-state index contributed by atoms with van der Waals surface area (Å²) in [5.74, 6) is 0.909. The van der Waals surface area contributed by atoms with E-state index in [2.05, 4.69) is 36.3 Å². The summed E-state index contributed by atoms with van der Waals surface area (Å²) >= 11 is 0. The Labute approximate surface area is 111 Å². The van der Waals surface area contributed by atoms with Crippen LogP contribution in [0.1, 0.15) is 40.0 Å². The van der Waals surface area contributed by atoms with E-state index < -0.39 is 0 Å². The van der Waals surface area contributed by atoms with Gasteiger partial charge in [0, 0.05) is 25.2 Å². The summed E-state index contributed by atoms with van der Waals surface area (Å²) in [6.07, 6.45) is 3.52. The van der Waals surface area contributed by atoms with Crippen LogP contribution in [0.25, 0.3) is 0 Å². The lowest BCUT2D eigenvalue weighted by atomic mass is 10.0. The fraction of sp³-hybridized carbons (Fsp3) is 0.929. The molecule has 1 heterocycles. The molecule has 0 aromatic heterocycles. The van der Waals surface area contributed by atoms with Crippen molar-refractivity contribution in [1.29, 1.82) is 0 Å². The third-order valence-corrected chi connectivity index (χ3v) is 3.60. The average Bonchev–Trinajstić information content (AvgIpc) is 2.12. The van der Waals surface area contributed by atoms with E-state index in [1.54, 1.807) is 0 Å². The van der Waals surface area contributed by atoms with Crippen LogP contribution in [0.3, 0.4) is 0 Å². The molecular weight excluding hydrogens is 226 g/mol. The molecule has 106 valence electrons. The molecule has 1 rings (SSSR count). The van der Waals surface area contributed by atoms with Crippen LogP contribution >= 0.6 is 0 Å². The van der Waals surface area contributed by atoms with E-state index in [0.29, 0.717) is 18.6 Å². The molecule has 4 nitrogen and oxygen atoms in total. The highest BCUT2D eigenvalue weighted by Crippen LogP contribution is 2.08. The molecule has 1 aliphatic heterocycles. The molecule has 0 bridgehead atoms. The van der Waals surface area contributed by atoms with E-state index in [1.807, 2.05) is 7.05 Å². The summed E-state index contributed by atoms with van der Waals surface area (Å²) in [5, 5.41) is 6.31. The van der Waals surface area contributed by atoms with Crippen LogP contribution < -0.4 is 10.6 Å². The summed E-state index contributed by atoms with van der Waals surface area (Å²) in [6, 6.07) is 0.830. The number of rotatable bonds is 8. The third-order valence-electron chi connectivity index (χ3n) is 3.60. The topological polar surface area (TPSA) is 44.4 Å². The molecule has 1 saturated heterocycles. The van der Waals surface area contributed by atoms with Crippen molar-refractivity contribution in [2.45, 2.75) is 52.1 Å². The van der Waals surface area contributed by atoms with Crippen molar-refractivity contribution in [1.82, 2.24) is 15.5 Å². The third kappa shape index (κ3) is 5.83. The van der Waals surface area contributed by atoms with E-state index >= 15 is 0 Å². The van der Waals surface area contributed by atoms with Gasteiger partial charge in [-0.25, -0.2) is 0 Å². The van der Waals surface area contributed by atoms with Crippen molar-refractivity contribution >= 4 is 5.91 Å². The first-order valence-corrected chi connectivity index (χ1v) is 7.19. The molecule has 1 atom stereocenters. The normalized spacial score (nSPS) is 17.9. The molecule has 0 aromatic rings. The number of hydrogen-bond acceptors (Lipinski definition) is 3. The summed E-state index contributed by atoms with van der Waals surface area (Å²) in [4.78, 5) is 14.0. The zero-order valence-electron chi connectivity index (χ0n) is 12.3. The van der Waals surface area contributed by atoms with Crippen LogP contribution in [0.4, 0.5) is 0 Å². The van der Waals surface area contributed by atoms with Crippen molar-refractivity contribution in [2.75, 3.05) is 26.7 Å². The lowest BCUT2D eigenvalue weighted by Gasteiger charge is -2.35. The summed E-state index contributed by atoms with van der Waals surface area (Å²) in [5.41, 5.74) is 0. The van der Waals surface area contributed by atoms with Gasteiger partial charge in [0.15, 0.2) is 0 Å². The van der Waals surface area contributed by atoms with E-state index in [9.17, 15) is 4.79 Å². The number of nitrogens with zero attached hydrogens (tertiary/aromatic N) is 1. The molecule has 4 heteroatoms. The molecule has 0 aliphatic carbocycles. The lowest BCUT2D eigenvalue weighted by molar-refractivity contribution is -0.123. The van der Waals surface area contributed by atoms with Crippen LogP contribution in [0.15, 0.2) is 0 Å². The van der Waals surface area contributed by atoms with Crippen molar-refractivity contribution in [2.24, 2.45) is 5.92 Å². The smallest absolute Gasteiger partial charge is 0.234 e. The van der Waals surface area contributed by atoms with Crippen molar-refractivity contribution < 1.29 is 4.79 Å². The highest BCUT2D eigenvalue weighted by atomic mass is 16.2. The van der Waals surface area contributed by atoms with Gasteiger partial charge >= 0.3 is 0 Å². The predicted octanol–water partition coefficient (Wildman–Crippen LogP) is 1.22. The van der Waals surface area contributed by atoms with Gasteiger partial charge in [0.2, 0.25) is 5.91 Å². The minimum Gasteiger partial charge on any atom is -0.353 e. The number of hydrogen-bond donors (Lipinski definition) is 2. The Hall–Kier alpha value is -0.610. The van der Waals surface area contributed by atoms with E-state index in [4.69, 9.17) is 0 Å². The second-order valence-corrected chi connectivity index (χ2v) is 6.02. The van der Waals surface area contributed by atoms with Gasteiger partial charge in [-0.3, -0.25) is 9.69 Å². The van der Waals surface area contributed by atoms with Crippen LogP contribution in [-0.4, -0.2) is 49.6 Å². The van der Waals surface area contributed by atoms with Gasteiger partial charge in [-0.05, 0) is 26.3 Å². The molecule has 0 aromatic carbocycles. The highest BCUT2D eigenvalue weighted by Gasteiger charge is 2.23. The Morgan fingerprint density at radius 3 is 2.50 bits per heavy atom. The Balaban J connectivity index is 2.10. The molecule has 1 amide bonds. The Morgan fingerprint density at radius 2 is 2.00 bits per heavy atom. The zero-order chi connectivity index (χ0) is 13.5. The average molecular weight is 255 g/mol. The van der Waals surface area contributed by atoms with Crippen LogP contribution in [0.2, 0.25) is 0 Å². The Kier molecular flexibility index (Phi) is 6.65. The Morgan fingerprint density at radius 1 is 1.33 bits per heavy atom. The first-order valence-electron chi connectivity index (χ1n) is 7.19. The predicted molar refractivity (Wildman–Crippen MR) is 75.6 cm³/mol. The molecular formula is C14H29N3O.